The van der Waals surface area contributed by atoms with Crippen LogP contribution in [-0.4, -0.2) is 56.5 Å². The first kappa shape index (κ1) is 11.8. The number of aliphatic hydroxyl groups is 1. The lowest BCUT2D eigenvalue weighted by Crippen LogP contribution is -2.32. The van der Waals surface area contributed by atoms with Gasteiger partial charge in [0.1, 0.15) is 0 Å². The van der Waals surface area contributed by atoms with E-state index >= 15 is 0 Å². The second kappa shape index (κ2) is 8.93. The molecule has 0 aliphatic heterocycles. The SMILES string of the molecule is COCCN(CCO)CCCN. The summed E-state index contributed by atoms with van der Waals surface area (Å²) in [5, 5.41) is 8.72. The van der Waals surface area contributed by atoms with Crippen LogP contribution in [0.3, 0.4) is 0 Å². The van der Waals surface area contributed by atoms with Crippen molar-refractivity contribution in [1.82, 2.24) is 4.90 Å². The first-order valence-electron chi connectivity index (χ1n) is 4.37. The van der Waals surface area contributed by atoms with Crippen LogP contribution in [0.5, 0.6) is 0 Å². The highest BCUT2D eigenvalue weighted by molar-refractivity contribution is 4.56. The summed E-state index contributed by atoms with van der Waals surface area (Å²) in [5.74, 6) is 0. The summed E-state index contributed by atoms with van der Waals surface area (Å²) in [7, 11) is 1.68. The third kappa shape index (κ3) is 6.54. The van der Waals surface area contributed by atoms with Gasteiger partial charge >= 0.3 is 0 Å². The minimum Gasteiger partial charge on any atom is -0.395 e. The second-order valence-corrected chi connectivity index (χ2v) is 2.70. The Morgan fingerprint density at radius 1 is 1.33 bits per heavy atom. The van der Waals surface area contributed by atoms with Crippen molar-refractivity contribution in [2.45, 2.75) is 6.42 Å². The zero-order valence-electron chi connectivity index (χ0n) is 7.83. The van der Waals surface area contributed by atoms with Crippen molar-refractivity contribution in [3.63, 3.8) is 0 Å². The number of methoxy groups -OCH3 is 1. The summed E-state index contributed by atoms with van der Waals surface area (Å²) < 4.78 is 4.94. The molecule has 0 atom stereocenters. The lowest BCUT2D eigenvalue weighted by atomic mass is 10.3. The first-order chi connectivity index (χ1) is 5.85. The topological polar surface area (TPSA) is 58.7 Å². The fraction of sp³-hybridized carbons (Fsp3) is 1.00. The van der Waals surface area contributed by atoms with Crippen molar-refractivity contribution >= 4 is 0 Å². The lowest BCUT2D eigenvalue weighted by molar-refractivity contribution is 0.130. The van der Waals surface area contributed by atoms with Crippen LogP contribution < -0.4 is 5.73 Å². The molecule has 0 saturated carbocycles. The van der Waals surface area contributed by atoms with Crippen molar-refractivity contribution in [1.29, 1.82) is 0 Å². The molecule has 0 radical (unpaired) electrons. The van der Waals surface area contributed by atoms with Crippen LogP contribution in [0.2, 0.25) is 0 Å². The molecule has 0 rings (SSSR count). The van der Waals surface area contributed by atoms with E-state index in [9.17, 15) is 0 Å². The molecule has 74 valence electrons. The number of nitrogens with zero attached hydrogens (tertiary/aromatic N) is 1. The lowest BCUT2D eigenvalue weighted by Gasteiger charge is -2.20. The van der Waals surface area contributed by atoms with Gasteiger partial charge in [0.25, 0.3) is 0 Å². The van der Waals surface area contributed by atoms with E-state index in [1.165, 1.54) is 0 Å². The fourth-order valence-electron chi connectivity index (χ4n) is 1.01. The van der Waals surface area contributed by atoms with E-state index < -0.39 is 0 Å². The third-order valence-electron chi connectivity index (χ3n) is 1.71. The van der Waals surface area contributed by atoms with E-state index in [-0.39, 0.29) is 6.61 Å². The second-order valence-electron chi connectivity index (χ2n) is 2.70. The highest BCUT2D eigenvalue weighted by Crippen LogP contribution is 1.89. The normalized spacial score (nSPS) is 11.0. The Kier molecular flexibility index (Phi) is 8.81. The number of hydrogen-bond donors (Lipinski definition) is 2. The Bertz CT molecular complexity index is 83.1. The van der Waals surface area contributed by atoms with Crippen molar-refractivity contribution in [3.05, 3.63) is 0 Å². The summed E-state index contributed by atoms with van der Waals surface area (Å²) in [6.07, 6.45) is 0.976. The van der Waals surface area contributed by atoms with Crippen LogP contribution >= 0.6 is 0 Å². The largest absolute Gasteiger partial charge is 0.395 e. The zero-order chi connectivity index (χ0) is 9.23. The molecule has 0 aromatic rings. The quantitative estimate of drug-likeness (QED) is 0.512. The zero-order valence-corrected chi connectivity index (χ0v) is 7.83. The van der Waals surface area contributed by atoms with Crippen LogP contribution in [0.15, 0.2) is 0 Å². The molecule has 0 aliphatic rings. The molecule has 0 bridgehead atoms. The Balaban J connectivity index is 3.40. The van der Waals surface area contributed by atoms with Gasteiger partial charge in [0, 0.05) is 20.2 Å². The van der Waals surface area contributed by atoms with E-state index in [0.717, 1.165) is 19.5 Å². The van der Waals surface area contributed by atoms with Gasteiger partial charge in [-0.2, -0.15) is 0 Å². The van der Waals surface area contributed by atoms with Crippen molar-refractivity contribution in [3.8, 4) is 0 Å². The molecule has 0 amide bonds. The van der Waals surface area contributed by atoms with Gasteiger partial charge in [0.2, 0.25) is 0 Å². The van der Waals surface area contributed by atoms with E-state index in [1.54, 1.807) is 7.11 Å². The van der Waals surface area contributed by atoms with Crippen LogP contribution in [0.4, 0.5) is 0 Å². The monoisotopic (exact) mass is 176 g/mol. The molecule has 4 nitrogen and oxygen atoms in total. The number of ether oxygens (including phenoxy) is 1. The van der Waals surface area contributed by atoms with Crippen LogP contribution in [0, 0.1) is 0 Å². The molecule has 0 heterocycles. The van der Waals surface area contributed by atoms with Gasteiger partial charge in [-0.05, 0) is 19.5 Å². The van der Waals surface area contributed by atoms with Gasteiger partial charge in [-0.15, -0.1) is 0 Å². The van der Waals surface area contributed by atoms with E-state index in [1.807, 2.05) is 0 Å². The third-order valence-corrected chi connectivity index (χ3v) is 1.71. The Labute approximate surface area is 74.3 Å². The van der Waals surface area contributed by atoms with Gasteiger partial charge in [0.05, 0.1) is 13.2 Å². The number of rotatable bonds is 8. The molecular formula is C8H20N2O2. The summed E-state index contributed by atoms with van der Waals surface area (Å²) in [4.78, 5) is 2.15. The maximum Gasteiger partial charge on any atom is 0.0589 e. The van der Waals surface area contributed by atoms with Crippen molar-refractivity contribution < 1.29 is 9.84 Å². The molecule has 12 heavy (non-hydrogen) atoms. The Morgan fingerprint density at radius 3 is 2.58 bits per heavy atom. The van der Waals surface area contributed by atoms with Crippen LogP contribution in [-0.2, 0) is 4.74 Å². The number of aliphatic hydroxyl groups excluding tert-OH is 1. The van der Waals surface area contributed by atoms with Gasteiger partial charge in [-0.1, -0.05) is 0 Å². The van der Waals surface area contributed by atoms with E-state index in [2.05, 4.69) is 4.90 Å². The smallest absolute Gasteiger partial charge is 0.0589 e. The minimum absolute atomic E-state index is 0.203. The van der Waals surface area contributed by atoms with Gasteiger partial charge < -0.3 is 15.6 Å². The molecule has 4 heteroatoms. The number of nitrogens with two attached hydrogens (primary N) is 1. The van der Waals surface area contributed by atoms with Gasteiger partial charge in [-0.3, -0.25) is 4.90 Å². The first-order valence-corrected chi connectivity index (χ1v) is 4.37. The molecule has 0 spiro atoms. The maximum absolute atomic E-state index is 8.72. The molecule has 0 saturated heterocycles. The predicted octanol–water partition coefficient (Wildman–Crippen LogP) is -0.724. The summed E-state index contributed by atoms with van der Waals surface area (Å²) in [6.45, 7) is 4.15. The number of hydrogen-bond acceptors (Lipinski definition) is 4. The molecule has 0 fully saturated rings. The van der Waals surface area contributed by atoms with Crippen LogP contribution in [0.25, 0.3) is 0 Å². The summed E-state index contributed by atoms with van der Waals surface area (Å²) >= 11 is 0. The standard InChI is InChI=1S/C8H20N2O2/c1-12-8-6-10(5-7-11)4-2-3-9/h11H,2-9H2,1H3. The van der Waals surface area contributed by atoms with Crippen LogP contribution in [0.1, 0.15) is 6.42 Å². The Hall–Kier alpha value is -0.160. The molecular weight excluding hydrogens is 156 g/mol. The highest BCUT2D eigenvalue weighted by Gasteiger charge is 2.01. The molecule has 0 aromatic heterocycles. The average Bonchev–Trinajstić information content (AvgIpc) is 2.10. The fourth-order valence-corrected chi connectivity index (χ4v) is 1.01. The maximum atomic E-state index is 8.72. The average molecular weight is 176 g/mol. The summed E-state index contributed by atoms with van der Waals surface area (Å²) in [6, 6.07) is 0. The van der Waals surface area contributed by atoms with E-state index in [0.29, 0.717) is 19.7 Å². The Morgan fingerprint density at radius 2 is 2.08 bits per heavy atom. The summed E-state index contributed by atoms with van der Waals surface area (Å²) in [5.41, 5.74) is 5.38. The molecule has 0 aliphatic carbocycles. The van der Waals surface area contributed by atoms with E-state index in [4.69, 9.17) is 15.6 Å². The predicted molar refractivity (Wildman–Crippen MR) is 49.1 cm³/mol. The van der Waals surface area contributed by atoms with Crippen molar-refractivity contribution in [2.75, 3.05) is 46.5 Å². The molecule has 0 unspecified atom stereocenters. The molecule has 3 N–H and O–H groups in total. The van der Waals surface area contributed by atoms with Gasteiger partial charge in [-0.25, -0.2) is 0 Å². The minimum atomic E-state index is 0.203. The highest BCUT2D eigenvalue weighted by atomic mass is 16.5. The van der Waals surface area contributed by atoms with Crippen molar-refractivity contribution in [2.24, 2.45) is 5.73 Å². The van der Waals surface area contributed by atoms with Gasteiger partial charge in [0.15, 0.2) is 0 Å². The molecule has 0 aromatic carbocycles.